The molecule has 3 nitrogen and oxygen atoms in total. The van der Waals surface area contributed by atoms with Crippen LogP contribution < -0.4 is 5.32 Å². The topological polar surface area (TPSA) is 46.2 Å². The van der Waals surface area contributed by atoms with E-state index in [1.165, 1.54) is 57.8 Å². The summed E-state index contributed by atoms with van der Waals surface area (Å²) < 4.78 is 10.0. The van der Waals surface area contributed by atoms with Gasteiger partial charge in [-0.1, -0.05) is 64.7 Å². The van der Waals surface area contributed by atoms with Crippen molar-refractivity contribution in [2.75, 3.05) is 6.54 Å². The first kappa shape index (κ1) is 17.4. The fraction of sp³-hybridized carbons (Fsp3) is 0.857. The van der Waals surface area contributed by atoms with Crippen molar-refractivity contribution in [1.82, 2.24) is 5.32 Å². The Labute approximate surface area is 115 Å². The lowest BCUT2D eigenvalue weighted by Gasteiger charge is -2.03. The van der Waals surface area contributed by atoms with Crippen LogP contribution in [0.2, 0.25) is 0 Å². The molecule has 0 bridgehead atoms. The van der Waals surface area contributed by atoms with E-state index >= 15 is 0 Å². The Morgan fingerprint density at radius 2 is 1.44 bits per heavy atom. The summed E-state index contributed by atoms with van der Waals surface area (Å²) in [6.45, 7) is 2.93. The molecule has 106 valence electrons. The summed E-state index contributed by atoms with van der Waals surface area (Å²) in [5.41, 5.74) is 0. The molecule has 4 heteroatoms. The number of nitrogens with one attached hydrogen (secondary N) is 1. The van der Waals surface area contributed by atoms with Crippen LogP contribution in [0, 0.1) is 0 Å². The first-order valence-corrected chi connectivity index (χ1v) is 8.01. The Morgan fingerprint density at radius 3 is 1.94 bits per heavy atom. The zero-order chi connectivity index (χ0) is 13.5. The number of unbranched alkanes of at least 4 members (excludes halogenated alkanes) is 9. The molecule has 1 amide bonds. The van der Waals surface area contributed by atoms with Gasteiger partial charge in [-0.3, -0.25) is 4.79 Å². The van der Waals surface area contributed by atoms with E-state index in [0.717, 1.165) is 11.8 Å². The average Bonchev–Trinajstić information content (AvgIpc) is 2.36. The second-order valence-electron chi connectivity index (χ2n) is 4.69. The van der Waals surface area contributed by atoms with Crippen LogP contribution in [0.3, 0.4) is 0 Å². The van der Waals surface area contributed by atoms with Crippen LogP contribution in [-0.2, 0) is 16.1 Å². The zero-order valence-electron chi connectivity index (χ0n) is 11.6. The molecule has 0 unspecified atom stereocenters. The third kappa shape index (κ3) is 13.4. The van der Waals surface area contributed by atoms with Gasteiger partial charge in [0.2, 0.25) is 0 Å². The predicted octanol–water partition coefficient (Wildman–Crippen LogP) is 3.04. The van der Waals surface area contributed by atoms with Gasteiger partial charge in [0.1, 0.15) is 0 Å². The van der Waals surface area contributed by atoms with Gasteiger partial charge in [0.05, 0.1) is 16.6 Å². The second-order valence-corrected chi connectivity index (χ2v) is 5.12. The number of carbonyl (C=O) groups is 1. The minimum Gasteiger partial charge on any atom is -0.352 e. The number of rotatable bonds is 12. The SMILES string of the molecule is CCCCCCCCCCCCNC(=O)C=S=O. The molecule has 0 aromatic carbocycles. The number of carbonyl (C=O) groups excluding carboxylic acids is 1. The summed E-state index contributed by atoms with van der Waals surface area (Å²) in [7, 11) is 0. The van der Waals surface area contributed by atoms with E-state index in [1.807, 2.05) is 0 Å². The third-order valence-electron chi connectivity index (χ3n) is 2.98. The molecule has 0 aromatic rings. The van der Waals surface area contributed by atoms with Crippen molar-refractivity contribution in [3.63, 3.8) is 0 Å². The second kappa shape index (κ2) is 14.4. The highest BCUT2D eigenvalue weighted by molar-refractivity contribution is 7.66. The molecule has 0 fully saturated rings. The fourth-order valence-corrected chi connectivity index (χ4v) is 2.08. The van der Waals surface area contributed by atoms with Gasteiger partial charge in [-0.25, -0.2) is 4.21 Å². The molecular weight excluding hydrogens is 246 g/mol. The minimum atomic E-state index is -0.258. The number of hydrogen-bond donors (Lipinski definition) is 1. The zero-order valence-corrected chi connectivity index (χ0v) is 12.4. The number of amides is 1. The van der Waals surface area contributed by atoms with Crippen molar-refractivity contribution >= 4 is 22.5 Å². The lowest BCUT2D eigenvalue weighted by Crippen LogP contribution is -2.25. The van der Waals surface area contributed by atoms with Gasteiger partial charge in [0, 0.05) is 6.54 Å². The first-order chi connectivity index (χ1) is 8.81. The molecule has 18 heavy (non-hydrogen) atoms. The molecule has 0 heterocycles. The standard InChI is InChI=1S/C14H27NO2S/c1-2-3-4-5-6-7-8-9-10-11-12-15-14(16)13-18-17/h13H,2-12H2,1H3,(H,15,16). The summed E-state index contributed by atoms with van der Waals surface area (Å²) in [6, 6.07) is 0. The highest BCUT2D eigenvalue weighted by atomic mass is 32.1. The van der Waals surface area contributed by atoms with Crippen molar-refractivity contribution < 1.29 is 9.00 Å². The molecule has 0 saturated heterocycles. The summed E-state index contributed by atoms with van der Waals surface area (Å²) >= 11 is 0.206. The van der Waals surface area contributed by atoms with Crippen LogP contribution in [0.5, 0.6) is 0 Å². The molecule has 0 rings (SSSR count). The maximum atomic E-state index is 10.9. The Bertz CT molecular complexity index is 250. The Morgan fingerprint density at radius 1 is 0.944 bits per heavy atom. The van der Waals surface area contributed by atoms with E-state index in [-0.39, 0.29) is 17.2 Å². The maximum absolute atomic E-state index is 10.9. The minimum absolute atomic E-state index is 0.206. The van der Waals surface area contributed by atoms with E-state index in [1.54, 1.807) is 0 Å². The van der Waals surface area contributed by atoms with Gasteiger partial charge in [0.15, 0.2) is 0 Å². The van der Waals surface area contributed by atoms with E-state index in [2.05, 4.69) is 12.2 Å². The van der Waals surface area contributed by atoms with Gasteiger partial charge in [-0.2, -0.15) is 0 Å². The van der Waals surface area contributed by atoms with E-state index in [9.17, 15) is 9.00 Å². The van der Waals surface area contributed by atoms with Crippen LogP contribution in [0.4, 0.5) is 0 Å². The molecular formula is C14H27NO2S. The van der Waals surface area contributed by atoms with Crippen molar-refractivity contribution in [1.29, 1.82) is 0 Å². The maximum Gasteiger partial charge on any atom is 0.257 e. The average molecular weight is 273 g/mol. The predicted molar refractivity (Wildman–Crippen MR) is 79.1 cm³/mol. The summed E-state index contributed by atoms with van der Waals surface area (Å²) in [5.74, 6) is -0.258. The Balaban J connectivity index is 3.07. The molecule has 0 radical (unpaired) electrons. The van der Waals surface area contributed by atoms with Crippen LogP contribution in [0.1, 0.15) is 71.1 Å². The van der Waals surface area contributed by atoms with Crippen LogP contribution in [-0.4, -0.2) is 22.0 Å². The summed E-state index contributed by atoms with van der Waals surface area (Å²) in [4.78, 5) is 10.9. The van der Waals surface area contributed by atoms with Crippen molar-refractivity contribution in [2.24, 2.45) is 0 Å². The quantitative estimate of drug-likeness (QED) is 0.439. The number of hydrogen-bond acceptors (Lipinski definition) is 2. The Hall–Kier alpha value is -0.640. The van der Waals surface area contributed by atoms with Crippen molar-refractivity contribution in [3.05, 3.63) is 0 Å². The van der Waals surface area contributed by atoms with Crippen LogP contribution in [0.25, 0.3) is 0 Å². The monoisotopic (exact) mass is 273 g/mol. The van der Waals surface area contributed by atoms with E-state index in [4.69, 9.17) is 0 Å². The van der Waals surface area contributed by atoms with Gasteiger partial charge in [0.25, 0.3) is 5.91 Å². The molecule has 0 spiro atoms. The van der Waals surface area contributed by atoms with Gasteiger partial charge in [-0.15, -0.1) is 0 Å². The highest BCUT2D eigenvalue weighted by Crippen LogP contribution is 2.10. The third-order valence-corrected chi connectivity index (χ3v) is 3.30. The van der Waals surface area contributed by atoms with Crippen molar-refractivity contribution in [2.45, 2.75) is 71.1 Å². The van der Waals surface area contributed by atoms with Gasteiger partial charge >= 0.3 is 0 Å². The van der Waals surface area contributed by atoms with Gasteiger partial charge in [-0.05, 0) is 6.42 Å². The first-order valence-electron chi connectivity index (χ1n) is 7.21. The molecule has 0 aliphatic rings. The lowest BCUT2D eigenvalue weighted by atomic mass is 10.1. The molecule has 0 aliphatic heterocycles. The molecule has 1 N–H and O–H groups in total. The summed E-state index contributed by atoms with van der Waals surface area (Å²) in [6.07, 6.45) is 12.9. The normalized spacial score (nSPS) is 10.1. The fourth-order valence-electron chi connectivity index (χ4n) is 1.91. The largest absolute Gasteiger partial charge is 0.352 e. The van der Waals surface area contributed by atoms with Crippen LogP contribution >= 0.6 is 0 Å². The van der Waals surface area contributed by atoms with Crippen LogP contribution in [0.15, 0.2) is 0 Å². The van der Waals surface area contributed by atoms with E-state index < -0.39 is 0 Å². The molecule has 0 saturated carbocycles. The highest BCUT2D eigenvalue weighted by Gasteiger charge is 1.95. The summed E-state index contributed by atoms with van der Waals surface area (Å²) in [5, 5.41) is 3.76. The van der Waals surface area contributed by atoms with Gasteiger partial charge < -0.3 is 5.32 Å². The molecule has 0 aromatic heterocycles. The van der Waals surface area contributed by atoms with Crippen molar-refractivity contribution in [3.8, 4) is 0 Å². The Kier molecular flexibility index (Phi) is 13.9. The molecule has 0 aliphatic carbocycles. The van der Waals surface area contributed by atoms with E-state index in [0.29, 0.717) is 6.54 Å². The molecule has 0 atom stereocenters. The lowest BCUT2D eigenvalue weighted by molar-refractivity contribution is -0.114. The smallest absolute Gasteiger partial charge is 0.257 e.